The zero-order chi connectivity index (χ0) is 12.7. The van der Waals surface area contributed by atoms with Gasteiger partial charge in [0.25, 0.3) is 0 Å². The maximum Gasteiger partial charge on any atom is 0.0662 e. The molecule has 0 unspecified atom stereocenters. The first-order valence-corrected chi connectivity index (χ1v) is 6.50. The maximum absolute atomic E-state index is 5.96. The summed E-state index contributed by atoms with van der Waals surface area (Å²) in [6.07, 6.45) is 1.11. The molecule has 0 aliphatic heterocycles. The monoisotopic (exact) mass is 241 g/mol. The molecule has 1 fully saturated rings. The summed E-state index contributed by atoms with van der Waals surface area (Å²) in [7, 11) is 0. The van der Waals surface area contributed by atoms with Crippen molar-refractivity contribution in [3.05, 3.63) is 52.8 Å². The van der Waals surface area contributed by atoms with Crippen LogP contribution in [-0.2, 0) is 6.54 Å². The van der Waals surface area contributed by atoms with Crippen LogP contribution in [0, 0.1) is 13.8 Å². The first-order chi connectivity index (χ1) is 8.66. The third kappa shape index (κ3) is 1.95. The number of nitrogens with zero attached hydrogens (tertiary/aromatic N) is 2. The standard InChI is InChI=1S/C15H19N3/c1-10-15(13-8-14(13)16)11(2)18(17-10)9-12-6-4-3-5-7-12/h3-7,13-14H,8-9,16H2,1-2H3/t13-,14-/m1/s1. The Hall–Kier alpha value is -1.61. The molecule has 3 rings (SSSR count). The van der Waals surface area contributed by atoms with E-state index < -0.39 is 0 Å². The molecule has 94 valence electrons. The van der Waals surface area contributed by atoms with Gasteiger partial charge in [0, 0.05) is 23.2 Å². The molecule has 2 N–H and O–H groups in total. The van der Waals surface area contributed by atoms with Gasteiger partial charge in [0.1, 0.15) is 0 Å². The van der Waals surface area contributed by atoms with Crippen LogP contribution >= 0.6 is 0 Å². The molecule has 1 aliphatic rings. The highest BCUT2D eigenvalue weighted by Gasteiger charge is 2.38. The van der Waals surface area contributed by atoms with Crippen molar-refractivity contribution in [3.63, 3.8) is 0 Å². The van der Waals surface area contributed by atoms with E-state index in [1.54, 1.807) is 0 Å². The van der Waals surface area contributed by atoms with E-state index in [0.717, 1.165) is 18.7 Å². The molecule has 0 spiro atoms. The van der Waals surface area contributed by atoms with Crippen molar-refractivity contribution in [2.24, 2.45) is 5.73 Å². The molecular formula is C15H19N3. The van der Waals surface area contributed by atoms with Crippen LogP contribution in [0.5, 0.6) is 0 Å². The maximum atomic E-state index is 5.96. The number of rotatable bonds is 3. The van der Waals surface area contributed by atoms with Crippen molar-refractivity contribution < 1.29 is 0 Å². The van der Waals surface area contributed by atoms with Gasteiger partial charge in [0.15, 0.2) is 0 Å². The molecule has 0 bridgehead atoms. The van der Waals surface area contributed by atoms with E-state index in [2.05, 4.69) is 47.9 Å². The van der Waals surface area contributed by atoms with Gasteiger partial charge in [-0.1, -0.05) is 30.3 Å². The lowest BCUT2D eigenvalue weighted by molar-refractivity contribution is 0.658. The van der Waals surface area contributed by atoms with Crippen molar-refractivity contribution in [2.45, 2.75) is 38.8 Å². The van der Waals surface area contributed by atoms with Crippen molar-refractivity contribution in [1.29, 1.82) is 0 Å². The highest BCUT2D eigenvalue weighted by Crippen LogP contribution is 2.42. The Morgan fingerprint density at radius 2 is 1.94 bits per heavy atom. The van der Waals surface area contributed by atoms with Gasteiger partial charge in [-0.25, -0.2) is 0 Å². The highest BCUT2D eigenvalue weighted by molar-refractivity contribution is 5.35. The van der Waals surface area contributed by atoms with Gasteiger partial charge in [-0.2, -0.15) is 5.10 Å². The molecule has 18 heavy (non-hydrogen) atoms. The fourth-order valence-electron chi connectivity index (χ4n) is 2.70. The first-order valence-electron chi connectivity index (χ1n) is 6.50. The average molecular weight is 241 g/mol. The Balaban J connectivity index is 1.90. The molecule has 1 aliphatic carbocycles. The van der Waals surface area contributed by atoms with E-state index in [0.29, 0.717) is 12.0 Å². The molecule has 1 saturated carbocycles. The predicted molar refractivity (Wildman–Crippen MR) is 72.6 cm³/mol. The molecule has 2 atom stereocenters. The van der Waals surface area contributed by atoms with Gasteiger partial charge in [-0.15, -0.1) is 0 Å². The van der Waals surface area contributed by atoms with Crippen LogP contribution in [-0.4, -0.2) is 15.8 Å². The Morgan fingerprint density at radius 1 is 1.28 bits per heavy atom. The molecule has 1 aromatic heterocycles. The van der Waals surface area contributed by atoms with Gasteiger partial charge < -0.3 is 5.73 Å². The van der Waals surface area contributed by atoms with E-state index in [1.807, 2.05) is 6.07 Å². The third-order valence-corrected chi connectivity index (χ3v) is 3.82. The van der Waals surface area contributed by atoms with E-state index in [9.17, 15) is 0 Å². The van der Waals surface area contributed by atoms with E-state index in [1.165, 1.54) is 16.8 Å². The van der Waals surface area contributed by atoms with Crippen molar-refractivity contribution >= 4 is 0 Å². The molecule has 1 heterocycles. The summed E-state index contributed by atoms with van der Waals surface area (Å²) >= 11 is 0. The van der Waals surface area contributed by atoms with Crippen LogP contribution in [0.25, 0.3) is 0 Å². The molecule has 0 radical (unpaired) electrons. The van der Waals surface area contributed by atoms with Gasteiger partial charge in [0.2, 0.25) is 0 Å². The van der Waals surface area contributed by atoms with Crippen LogP contribution in [0.4, 0.5) is 0 Å². The number of nitrogens with two attached hydrogens (primary N) is 1. The van der Waals surface area contributed by atoms with Crippen LogP contribution in [0.3, 0.4) is 0 Å². The third-order valence-electron chi connectivity index (χ3n) is 3.82. The largest absolute Gasteiger partial charge is 0.327 e. The Kier molecular flexibility index (Phi) is 2.71. The molecule has 3 heteroatoms. The number of hydrogen-bond donors (Lipinski definition) is 1. The van der Waals surface area contributed by atoms with Gasteiger partial charge in [0.05, 0.1) is 12.2 Å². The quantitative estimate of drug-likeness (QED) is 0.896. The van der Waals surface area contributed by atoms with Gasteiger partial charge in [-0.3, -0.25) is 4.68 Å². The smallest absolute Gasteiger partial charge is 0.0662 e. The van der Waals surface area contributed by atoms with E-state index in [4.69, 9.17) is 5.73 Å². The topological polar surface area (TPSA) is 43.8 Å². The molecule has 0 amide bonds. The summed E-state index contributed by atoms with van der Waals surface area (Å²) < 4.78 is 2.10. The number of aromatic nitrogens is 2. The predicted octanol–water partition coefficient (Wildman–Crippen LogP) is 2.36. The SMILES string of the molecule is Cc1nn(Cc2ccccc2)c(C)c1[C@@H]1C[C@H]1N. The Morgan fingerprint density at radius 3 is 2.56 bits per heavy atom. The lowest BCUT2D eigenvalue weighted by Crippen LogP contribution is -2.05. The molecule has 0 saturated heterocycles. The second-order valence-electron chi connectivity index (χ2n) is 5.23. The number of hydrogen-bond acceptors (Lipinski definition) is 2. The summed E-state index contributed by atoms with van der Waals surface area (Å²) in [6.45, 7) is 5.09. The van der Waals surface area contributed by atoms with Crippen LogP contribution in [0.1, 0.15) is 34.9 Å². The fraction of sp³-hybridized carbons (Fsp3) is 0.400. The molecule has 3 nitrogen and oxygen atoms in total. The second-order valence-corrected chi connectivity index (χ2v) is 5.23. The lowest BCUT2D eigenvalue weighted by Gasteiger charge is -2.05. The van der Waals surface area contributed by atoms with Crippen LogP contribution in [0.15, 0.2) is 30.3 Å². The average Bonchev–Trinajstić information content (AvgIpc) is 2.99. The summed E-state index contributed by atoms with van der Waals surface area (Å²) in [5.74, 6) is 0.537. The summed E-state index contributed by atoms with van der Waals surface area (Å²) in [5.41, 5.74) is 11.0. The Labute approximate surface area is 108 Å². The second kappa shape index (κ2) is 4.25. The normalized spacial score (nSPS) is 22.2. The molecule has 1 aromatic carbocycles. The zero-order valence-electron chi connectivity index (χ0n) is 10.9. The van der Waals surface area contributed by atoms with Crippen LogP contribution in [0.2, 0.25) is 0 Å². The minimum atomic E-state index is 0.344. The summed E-state index contributed by atoms with van der Waals surface area (Å²) in [5, 5.41) is 4.66. The van der Waals surface area contributed by atoms with E-state index in [-0.39, 0.29) is 0 Å². The number of aryl methyl sites for hydroxylation is 1. The van der Waals surface area contributed by atoms with Crippen molar-refractivity contribution in [2.75, 3.05) is 0 Å². The first kappa shape index (κ1) is 11.5. The van der Waals surface area contributed by atoms with Gasteiger partial charge in [-0.05, 0) is 25.8 Å². The summed E-state index contributed by atoms with van der Waals surface area (Å²) in [4.78, 5) is 0. The minimum Gasteiger partial charge on any atom is -0.327 e. The summed E-state index contributed by atoms with van der Waals surface area (Å²) in [6, 6.07) is 10.8. The number of benzene rings is 1. The zero-order valence-corrected chi connectivity index (χ0v) is 10.9. The minimum absolute atomic E-state index is 0.344. The van der Waals surface area contributed by atoms with Crippen LogP contribution < -0.4 is 5.73 Å². The molecular weight excluding hydrogens is 222 g/mol. The lowest BCUT2D eigenvalue weighted by atomic mass is 10.1. The van der Waals surface area contributed by atoms with Crippen molar-refractivity contribution in [3.8, 4) is 0 Å². The Bertz CT molecular complexity index is 557. The highest BCUT2D eigenvalue weighted by atomic mass is 15.3. The fourth-order valence-corrected chi connectivity index (χ4v) is 2.70. The van der Waals surface area contributed by atoms with Crippen molar-refractivity contribution in [1.82, 2.24) is 9.78 Å². The van der Waals surface area contributed by atoms with Gasteiger partial charge >= 0.3 is 0 Å². The van der Waals surface area contributed by atoms with E-state index >= 15 is 0 Å². The molecule has 2 aromatic rings.